The van der Waals surface area contributed by atoms with Crippen molar-refractivity contribution in [3.8, 4) is 0 Å². The molecule has 0 aromatic rings. The van der Waals surface area contributed by atoms with Crippen LogP contribution < -0.4 is 0 Å². The van der Waals surface area contributed by atoms with E-state index in [1.807, 2.05) is 6.08 Å². The van der Waals surface area contributed by atoms with Crippen molar-refractivity contribution in [3.05, 3.63) is 12.7 Å². The Morgan fingerprint density at radius 3 is 1.08 bits per heavy atom. The molecule has 0 saturated carbocycles. The normalized spacial score (nSPS) is 20.4. The van der Waals surface area contributed by atoms with Gasteiger partial charge in [-0.1, -0.05) is 140 Å². The molecule has 1 saturated heterocycles. The number of thiol groups is 1. The maximum absolute atomic E-state index is 7.87. The quantitative estimate of drug-likeness (QED) is 0.0151. The van der Waals surface area contributed by atoms with Crippen LogP contribution in [-0.4, -0.2) is 238 Å². The molecule has 0 aromatic carbocycles. The summed E-state index contributed by atoms with van der Waals surface area (Å²) in [6.45, 7) is 37.1. The predicted molar refractivity (Wildman–Crippen MR) is 430 cm³/mol. The van der Waals surface area contributed by atoms with Gasteiger partial charge in [0.25, 0.3) is 0 Å². The number of unbranched alkanes of at least 4 members (excludes halogenated alkanes) is 13. The van der Waals surface area contributed by atoms with Gasteiger partial charge in [-0.2, -0.15) is 0 Å². The molecule has 21 nitrogen and oxygen atoms in total. The van der Waals surface area contributed by atoms with Crippen LogP contribution in [0.4, 0.5) is 0 Å². The topological polar surface area (TPSA) is 194 Å². The second kappa shape index (κ2) is 72.4. The first-order valence-electron chi connectivity index (χ1n) is 41.4. The second-order valence-electron chi connectivity index (χ2n) is 27.2. The van der Waals surface area contributed by atoms with Gasteiger partial charge in [-0.3, -0.25) is 0 Å². The fourth-order valence-corrected chi connectivity index (χ4v) is 12.8. The number of hydrogen-bond donors (Lipinski definition) is 1. The Morgan fingerprint density at radius 2 is 0.683 bits per heavy atom. The molecule has 0 N–H and O–H groups in total. The van der Waals surface area contributed by atoms with E-state index in [0.29, 0.717) is 125 Å². The third kappa shape index (κ3) is 45.9. The summed E-state index contributed by atoms with van der Waals surface area (Å²) < 4.78 is 147. The zero-order chi connectivity index (χ0) is 76.5. The van der Waals surface area contributed by atoms with Gasteiger partial charge in [0.05, 0.1) is 13.2 Å². The van der Waals surface area contributed by atoms with Gasteiger partial charge in [0.15, 0.2) is 6.29 Å². The van der Waals surface area contributed by atoms with Crippen LogP contribution in [0.25, 0.3) is 0 Å². The number of halogens is 1. The van der Waals surface area contributed by atoms with Gasteiger partial charge in [-0.25, -0.2) is 0 Å². The van der Waals surface area contributed by atoms with E-state index in [0.717, 1.165) is 167 Å². The summed E-state index contributed by atoms with van der Waals surface area (Å²) in [6.07, 6.45) is 11.6. The van der Waals surface area contributed by atoms with Crippen LogP contribution in [0, 0.1) is 0 Å². The van der Waals surface area contributed by atoms with E-state index in [4.69, 9.17) is 107 Å². The van der Waals surface area contributed by atoms with E-state index < -0.39 is 112 Å². The zero-order valence-corrected chi connectivity index (χ0v) is 72.4. The van der Waals surface area contributed by atoms with Gasteiger partial charge < -0.3 is 42.6 Å². The van der Waals surface area contributed by atoms with Gasteiger partial charge in [0.2, 0.25) is 0 Å². The van der Waals surface area contributed by atoms with Crippen molar-refractivity contribution >= 4 is 36.3 Å². The Bertz CT molecular complexity index is 1930. The van der Waals surface area contributed by atoms with Crippen LogP contribution in [0.5, 0.6) is 0 Å². The Hall–Kier alpha value is 0.410. The molecular formula is C80H158IO21PS. The molecular weight excluding hydrogens is 1490 g/mol. The van der Waals surface area contributed by atoms with Gasteiger partial charge in [-0.15, -0.1) is 6.58 Å². The second-order valence-corrected chi connectivity index (χ2v) is 33.9. The third-order valence-electron chi connectivity index (χ3n) is 18.1. The molecule has 104 heavy (non-hydrogen) atoms. The molecule has 18 atom stereocenters. The molecule has 622 valence electrons. The van der Waals surface area contributed by atoms with Crippen molar-refractivity contribution in [2.75, 3.05) is 134 Å². The molecule has 0 aliphatic carbocycles. The number of hydrogen-bond acceptors (Lipinski definition) is 21. The maximum atomic E-state index is 7.87. The molecule has 0 amide bonds. The van der Waals surface area contributed by atoms with E-state index in [2.05, 4.69) is 111 Å². The van der Waals surface area contributed by atoms with Crippen molar-refractivity contribution in [1.82, 2.24) is 0 Å². The smallest absolute Gasteiger partial charge is 0.381 e. The molecule has 18 unspecified atom stereocenters. The van der Waals surface area contributed by atoms with E-state index in [1.165, 1.54) is 0 Å². The van der Waals surface area contributed by atoms with Crippen LogP contribution in [0.3, 0.4) is 0 Å². The molecule has 1 heterocycles. The number of rotatable bonds is 79. The summed E-state index contributed by atoms with van der Waals surface area (Å²) in [5, 5.41) is 0. The van der Waals surface area contributed by atoms with Crippen molar-refractivity contribution in [2.24, 2.45) is 0 Å². The van der Waals surface area contributed by atoms with E-state index >= 15 is 0 Å². The first kappa shape index (κ1) is 102. The number of ether oxygens (including phenoxy) is 20. The zero-order valence-electron chi connectivity index (χ0n) is 68.5. The molecule has 1 fully saturated rings. The Kier molecular flexibility index (Phi) is 71.3. The van der Waals surface area contributed by atoms with E-state index in [-0.39, 0.29) is 6.61 Å². The molecule has 0 bridgehead atoms. The van der Waals surface area contributed by atoms with Gasteiger partial charge in [0.1, 0.15) is 24.4 Å². The van der Waals surface area contributed by atoms with Crippen LogP contribution in [0.15, 0.2) is 12.7 Å². The standard InChI is InChI=1S/C80H158IO21PS/c1-17-30-43-59-97-80-74(96-58-42-29-13)72(94-56-40-27-11)71(93-55-39-26-10)67(100-80)63-98-77(82-14)75(69(91-53-37-24-8)65(88-50-34-21-5)45-61-86-48-32-19-3)101-79(84-16)76(70(92-54-38-25-9)66(89-51-35-22-6)46-62-99-104(81)103)102-78(83-15)73(95-57-41-28-12)68(90-52-36-23-7)64(87-49-33-20-4)44-60-85-47-31-18-2/h17,64-80,104H,1,18-63H2,2-16H3. The summed E-state index contributed by atoms with van der Waals surface area (Å²) in [6, 6.07) is 0. The van der Waals surface area contributed by atoms with E-state index in [9.17, 15) is 0 Å². The first-order valence-corrected chi connectivity index (χ1v) is 46.6. The molecule has 24 heteroatoms. The minimum atomic E-state index is -1.31. The first-order chi connectivity index (χ1) is 50.9. The predicted octanol–water partition coefficient (Wildman–Crippen LogP) is 18.7. The Balaban J connectivity index is 4.95. The number of methoxy groups -OCH3 is 3. The summed E-state index contributed by atoms with van der Waals surface area (Å²) in [5.74, 6) is 0. The van der Waals surface area contributed by atoms with E-state index in [1.54, 1.807) is 21.3 Å². The van der Waals surface area contributed by atoms with Gasteiger partial charge in [0, 0.05) is 79.8 Å². The van der Waals surface area contributed by atoms with Crippen molar-refractivity contribution in [2.45, 2.75) is 374 Å². The molecule has 1 rings (SSSR count). The van der Waals surface area contributed by atoms with Crippen LogP contribution >= 0.6 is 36.3 Å². The van der Waals surface area contributed by atoms with Crippen LogP contribution in [0.1, 0.15) is 269 Å². The average molecular weight is 1650 g/mol. The Morgan fingerprint density at radius 1 is 0.356 bits per heavy atom. The SMILES string of the molecule is C=CCCCOC1OC(COC(OC)C(OC(OC)C(OC(OC)C(OCCCC)C(OCCCC)C(CCOCCCC)OCCCC)C(OCCCC)C(CCO[SH](#P)I)OCCCC)C(OCCCC)C(CCOCCCC)OCCCC)C(OCCCC)C(OCCCC)C1OCCCC. The summed E-state index contributed by atoms with van der Waals surface area (Å²) >= 11 is 2.23. The molecule has 1 aliphatic rings. The minimum Gasteiger partial charge on any atom is -0.381 e. The molecule has 0 spiro atoms. The van der Waals surface area contributed by atoms with Gasteiger partial charge >= 0.3 is 253 Å². The molecule has 0 aromatic heterocycles. The summed E-state index contributed by atoms with van der Waals surface area (Å²) in [5.41, 5.74) is 0. The van der Waals surface area contributed by atoms with Crippen molar-refractivity contribution in [3.63, 3.8) is 0 Å². The monoisotopic (exact) mass is 1640 g/mol. The fourth-order valence-electron chi connectivity index (χ4n) is 11.7. The molecule has 0 radical (unpaired) electrons. The van der Waals surface area contributed by atoms with Crippen molar-refractivity contribution in [1.29, 1.82) is 0 Å². The third-order valence-corrected chi connectivity index (χ3v) is 19.7. The summed E-state index contributed by atoms with van der Waals surface area (Å²) in [7, 11) is 8.56. The fraction of sp³-hybridized carbons (Fsp3) is 0.975. The minimum absolute atomic E-state index is 0.0502. The summed E-state index contributed by atoms with van der Waals surface area (Å²) in [4.78, 5) is 0. The number of allylic oxidation sites excluding steroid dienone is 1. The van der Waals surface area contributed by atoms with Crippen LogP contribution in [0.2, 0.25) is 0 Å². The Labute approximate surface area is 651 Å². The van der Waals surface area contributed by atoms with Crippen LogP contribution in [-0.2, 0) is 98.9 Å². The van der Waals surface area contributed by atoms with Crippen molar-refractivity contribution < 1.29 is 98.9 Å². The average Bonchev–Trinajstić information content (AvgIpc) is 0.796. The van der Waals surface area contributed by atoms with Gasteiger partial charge in [-0.05, 0) is 89.9 Å². The molecule has 1 aliphatic heterocycles.